The van der Waals surface area contributed by atoms with Gasteiger partial charge in [0.05, 0.1) is 18.1 Å². The van der Waals surface area contributed by atoms with E-state index in [1.807, 2.05) is 0 Å². The summed E-state index contributed by atoms with van der Waals surface area (Å²) in [5.41, 5.74) is -2.56. The highest BCUT2D eigenvalue weighted by molar-refractivity contribution is 5.61. The van der Waals surface area contributed by atoms with Gasteiger partial charge in [-0.2, -0.15) is 26.3 Å². The first-order valence-electron chi connectivity index (χ1n) is 5.53. The van der Waals surface area contributed by atoms with Crippen LogP contribution in [0.5, 0.6) is 0 Å². The Bertz CT molecular complexity index is 663. The smallest absolute Gasteiger partial charge is 0.260 e. The molecule has 0 aliphatic heterocycles. The Kier molecular flexibility index (Phi) is 3.60. The SMILES string of the molecule is Cc1nc(C(F)(F)F)ccc1-c1cncc(C(F)(F)F)n1. The zero-order valence-corrected chi connectivity index (χ0v) is 10.4. The van der Waals surface area contributed by atoms with Gasteiger partial charge in [0, 0.05) is 11.3 Å². The van der Waals surface area contributed by atoms with Crippen LogP contribution in [0.15, 0.2) is 24.5 Å². The summed E-state index contributed by atoms with van der Waals surface area (Å²) in [7, 11) is 0. The van der Waals surface area contributed by atoms with Crippen LogP contribution in [0.3, 0.4) is 0 Å². The third-order valence-corrected chi connectivity index (χ3v) is 2.58. The highest BCUT2D eigenvalue weighted by atomic mass is 19.4. The highest BCUT2D eigenvalue weighted by Crippen LogP contribution is 2.32. The maximum Gasteiger partial charge on any atom is 0.434 e. The van der Waals surface area contributed by atoms with Gasteiger partial charge in [0.15, 0.2) is 5.69 Å². The number of hydrogen-bond acceptors (Lipinski definition) is 3. The number of halogens is 6. The molecule has 0 radical (unpaired) electrons. The molecular weight excluding hydrogens is 300 g/mol. The van der Waals surface area contributed by atoms with Gasteiger partial charge in [-0.25, -0.2) is 9.97 Å². The summed E-state index contributed by atoms with van der Waals surface area (Å²) in [6, 6.07) is 1.71. The minimum absolute atomic E-state index is 0.0570. The molecule has 2 rings (SSSR count). The molecule has 2 aromatic heterocycles. The molecule has 0 N–H and O–H groups in total. The first kappa shape index (κ1) is 15.2. The normalized spacial score (nSPS) is 12.5. The monoisotopic (exact) mass is 307 g/mol. The average molecular weight is 307 g/mol. The Hall–Kier alpha value is -2.19. The van der Waals surface area contributed by atoms with Crippen molar-refractivity contribution in [2.45, 2.75) is 19.3 Å². The van der Waals surface area contributed by atoms with Crippen molar-refractivity contribution in [2.75, 3.05) is 0 Å². The number of aromatic nitrogens is 3. The lowest BCUT2D eigenvalue weighted by molar-refractivity contribution is -0.142. The fraction of sp³-hybridized carbons (Fsp3) is 0.250. The van der Waals surface area contributed by atoms with E-state index in [1.165, 1.54) is 6.92 Å². The van der Waals surface area contributed by atoms with Crippen LogP contribution in [-0.2, 0) is 12.4 Å². The minimum atomic E-state index is -4.68. The number of rotatable bonds is 1. The predicted molar refractivity (Wildman–Crippen MR) is 60.0 cm³/mol. The molecule has 0 atom stereocenters. The highest BCUT2D eigenvalue weighted by Gasteiger charge is 2.34. The van der Waals surface area contributed by atoms with E-state index in [-0.39, 0.29) is 17.0 Å². The topological polar surface area (TPSA) is 38.7 Å². The second-order valence-corrected chi connectivity index (χ2v) is 4.11. The van der Waals surface area contributed by atoms with Crippen LogP contribution < -0.4 is 0 Å². The molecule has 0 aliphatic rings. The molecule has 0 aliphatic carbocycles. The van der Waals surface area contributed by atoms with Gasteiger partial charge in [-0.15, -0.1) is 0 Å². The molecule has 0 bridgehead atoms. The Morgan fingerprint density at radius 3 is 1.95 bits per heavy atom. The zero-order chi connectivity index (χ0) is 15.8. The summed E-state index contributed by atoms with van der Waals surface area (Å²) in [4.78, 5) is 10.1. The molecule has 2 heterocycles. The van der Waals surface area contributed by atoms with Gasteiger partial charge in [-0.3, -0.25) is 4.98 Å². The van der Waals surface area contributed by atoms with Gasteiger partial charge in [0.25, 0.3) is 0 Å². The number of hydrogen-bond donors (Lipinski definition) is 0. The van der Waals surface area contributed by atoms with Crippen molar-refractivity contribution in [3.05, 3.63) is 41.6 Å². The molecule has 0 unspecified atom stereocenters. The Labute approximate surface area is 114 Å². The van der Waals surface area contributed by atoms with E-state index in [2.05, 4.69) is 15.0 Å². The average Bonchev–Trinajstić information content (AvgIpc) is 2.36. The van der Waals surface area contributed by atoms with Crippen LogP contribution in [0.1, 0.15) is 17.1 Å². The van der Waals surface area contributed by atoms with E-state index in [4.69, 9.17) is 0 Å². The molecule has 0 saturated heterocycles. The second kappa shape index (κ2) is 4.97. The van der Waals surface area contributed by atoms with Crippen molar-refractivity contribution in [1.82, 2.24) is 15.0 Å². The minimum Gasteiger partial charge on any atom is -0.260 e. The molecule has 21 heavy (non-hydrogen) atoms. The number of aryl methyl sites for hydroxylation is 1. The van der Waals surface area contributed by atoms with Gasteiger partial charge >= 0.3 is 12.4 Å². The fourth-order valence-electron chi connectivity index (χ4n) is 1.62. The molecule has 3 nitrogen and oxygen atoms in total. The van der Waals surface area contributed by atoms with Gasteiger partial charge in [0.2, 0.25) is 0 Å². The third kappa shape index (κ3) is 3.29. The Morgan fingerprint density at radius 2 is 1.43 bits per heavy atom. The summed E-state index contributed by atoms with van der Waals surface area (Å²) in [5, 5.41) is 0. The van der Waals surface area contributed by atoms with Crippen molar-refractivity contribution in [3.63, 3.8) is 0 Å². The first-order valence-corrected chi connectivity index (χ1v) is 5.53. The van der Waals surface area contributed by atoms with Crippen molar-refractivity contribution in [2.24, 2.45) is 0 Å². The molecule has 9 heteroatoms. The molecule has 0 saturated carbocycles. The lowest BCUT2D eigenvalue weighted by Gasteiger charge is -2.11. The van der Waals surface area contributed by atoms with E-state index in [9.17, 15) is 26.3 Å². The van der Waals surface area contributed by atoms with Crippen LogP contribution in [0.2, 0.25) is 0 Å². The standard InChI is InChI=1S/C12H7F6N3/c1-6-7(2-3-9(20-6)11(13,14)15)8-4-19-5-10(21-8)12(16,17)18/h2-5H,1H3. The van der Waals surface area contributed by atoms with E-state index in [1.54, 1.807) is 0 Å². The van der Waals surface area contributed by atoms with Crippen molar-refractivity contribution >= 4 is 0 Å². The summed E-state index contributed by atoms with van der Waals surface area (Å²) in [6.45, 7) is 1.26. The van der Waals surface area contributed by atoms with Crippen molar-refractivity contribution in [1.29, 1.82) is 0 Å². The lowest BCUT2D eigenvalue weighted by Crippen LogP contribution is -2.11. The molecule has 112 valence electrons. The van der Waals surface area contributed by atoms with E-state index in [0.29, 0.717) is 12.3 Å². The van der Waals surface area contributed by atoms with Crippen LogP contribution in [0.4, 0.5) is 26.3 Å². The van der Waals surface area contributed by atoms with Gasteiger partial charge in [-0.1, -0.05) is 0 Å². The quantitative estimate of drug-likeness (QED) is 0.750. The van der Waals surface area contributed by atoms with E-state index < -0.39 is 23.7 Å². The van der Waals surface area contributed by atoms with Crippen LogP contribution >= 0.6 is 0 Å². The van der Waals surface area contributed by atoms with Crippen molar-refractivity contribution < 1.29 is 26.3 Å². The molecular formula is C12H7F6N3. The van der Waals surface area contributed by atoms with Crippen LogP contribution in [-0.4, -0.2) is 15.0 Å². The van der Waals surface area contributed by atoms with E-state index in [0.717, 1.165) is 12.3 Å². The van der Waals surface area contributed by atoms with E-state index >= 15 is 0 Å². The van der Waals surface area contributed by atoms with Crippen molar-refractivity contribution in [3.8, 4) is 11.3 Å². The summed E-state index contributed by atoms with van der Waals surface area (Å²) >= 11 is 0. The Morgan fingerprint density at radius 1 is 0.810 bits per heavy atom. The molecule has 0 amide bonds. The maximum atomic E-state index is 12.5. The number of pyridine rings is 1. The Balaban J connectivity index is 2.48. The molecule has 2 aromatic rings. The van der Waals surface area contributed by atoms with Gasteiger partial charge in [-0.05, 0) is 19.1 Å². The summed E-state index contributed by atoms with van der Waals surface area (Å²) < 4.78 is 75.1. The van der Waals surface area contributed by atoms with Crippen LogP contribution in [0, 0.1) is 6.92 Å². The zero-order valence-electron chi connectivity index (χ0n) is 10.4. The summed E-state index contributed by atoms with van der Waals surface area (Å²) in [6.07, 6.45) is -7.73. The second-order valence-electron chi connectivity index (χ2n) is 4.11. The van der Waals surface area contributed by atoms with Gasteiger partial charge in [0.1, 0.15) is 5.69 Å². The van der Waals surface area contributed by atoms with Crippen LogP contribution in [0.25, 0.3) is 11.3 Å². The first-order chi connectivity index (χ1) is 9.59. The number of alkyl halides is 6. The molecule has 0 spiro atoms. The predicted octanol–water partition coefficient (Wildman–Crippen LogP) is 3.88. The maximum absolute atomic E-state index is 12.5. The fourth-order valence-corrected chi connectivity index (χ4v) is 1.62. The lowest BCUT2D eigenvalue weighted by atomic mass is 10.1. The molecule has 0 aromatic carbocycles. The third-order valence-electron chi connectivity index (χ3n) is 2.58. The summed E-state index contributed by atoms with van der Waals surface area (Å²) in [5.74, 6) is 0. The molecule has 0 fully saturated rings. The van der Waals surface area contributed by atoms with Gasteiger partial charge < -0.3 is 0 Å². The number of nitrogens with zero attached hydrogens (tertiary/aromatic N) is 3. The largest absolute Gasteiger partial charge is 0.434 e.